The Morgan fingerprint density at radius 1 is 1.10 bits per heavy atom. The highest BCUT2D eigenvalue weighted by Gasteiger charge is 2.33. The second kappa shape index (κ2) is 10.4. The predicted molar refractivity (Wildman–Crippen MR) is 115 cm³/mol. The molecule has 0 aliphatic carbocycles. The normalized spacial score (nSPS) is 16.5. The van der Waals surface area contributed by atoms with E-state index >= 15 is 0 Å². The first-order valence-corrected chi connectivity index (χ1v) is 12.0. The minimum Gasteiger partial charge on any atom is -0.480 e. The Morgan fingerprint density at radius 3 is 2.30 bits per heavy atom. The first-order chi connectivity index (χ1) is 14.4. The first kappa shape index (κ1) is 22.8. The molecule has 1 saturated heterocycles. The van der Waals surface area contributed by atoms with Crippen LogP contribution in [0.1, 0.15) is 6.92 Å². The molecule has 0 radical (unpaired) electrons. The zero-order chi connectivity index (χ0) is 21.6. The number of rotatable bonds is 9. The summed E-state index contributed by atoms with van der Waals surface area (Å²) >= 11 is 1.53. The molecular formula is C21H26N2O5S2. The van der Waals surface area contributed by atoms with Gasteiger partial charge >= 0.3 is 5.97 Å². The number of nitrogens with zero attached hydrogens (tertiary/aromatic N) is 2. The van der Waals surface area contributed by atoms with Crippen molar-refractivity contribution >= 4 is 27.8 Å². The summed E-state index contributed by atoms with van der Waals surface area (Å²) in [6, 6.07) is 15.2. The summed E-state index contributed by atoms with van der Waals surface area (Å²) < 4.78 is 32.9. The molecule has 1 heterocycles. The maximum atomic E-state index is 13.2. The van der Waals surface area contributed by atoms with Crippen LogP contribution in [0.3, 0.4) is 0 Å². The summed E-state index contributed by atoms with van der Waals surface area (Å²) in [6.07, 6.45) is 0. The van der Waals surface area contributed by atoms with Gasteiger partial charge in [0.25, 0.3) is 0 Å². The van der Waals surface area contributed by atoms with Gasteiger partial charge in [-0.2, -0.15) is 4.31 Å². The Kier molecular flexibility index (Phi) is 7.90. The minimum atomic E-state index is -3.95. The van der Waals surface area contributed by atoms with Crippen LogP contribution in [0.15, 0.2) is 69.3 Å². The molecule has 7 nitrogen and oxygen atoms in total. The van der Waals surface area contributed by atoms with Crippen molar-refractivity contribution in [3.63, 3.8) is 0 Å². The molecule has 1 atom stereocenters. The predicted octanol–water partition coefficient (Wildman–Crippen LogP) is 2.63. The summed E-state index contributed by atoms with van der Waals surface area (Å²) in [5.74, 6) is -1.17. The van der Waals surface area contributed by atoms with Gasteiger partial charge in [0, 0.05) is 36.0 Å². The van der Waals surface area contributed by atoms with Gasteiger partial charge in [-0.15, -0.1) is 0 Å². The molecule has 1 N–H and O–H groups in total. The maximum absolute atomic E-state index is 13.2. The van der Waals surface area contributed by atoms with Gasteiger partial charge in [-0.05, 0) is 43.3 Å². The van der Waals surface area contributed by atoms with Crippen molar-refractivity contribution in [3.8, 4) is 0 Å². The lowest BCUT2D eigenvalue weighted by molar-refractivity contribution is -0.141. The minimum absolute atomic E-state index is 0.0926. The average Bonchev–Trinajstić information content (AvgIpc) is 2.75. The monoisotopic (exact) mass is 450 g/mol. The fourth-order valence-corrected chi connectivity index (χ4v) is 5.57. The number of carboxylic acid groups (broad SMARTS) is 1. The lowest BCUT2D eigenvalue weighted by Gasteiger charge is -2.31. The molecule has 162 valence electrons. The molecule has 3 rings (SSSR count). The standard InChI is InChI=1S/C21H26N2O5S2/c1-17(21(24)25)23(12-11-22-13-15-28-16-14-22)30(26,27)20-9-7-19(8-10-20)29-18-5-3-2-4-6-18/h2-10,17H,11-16H2,1H3,(H,24,25). The number of sulfonamides is 1. The van der Waals surface area contributed by atoms with Crippen LogP contribution < -0.4 is 0 Å². The van der Waals surface area contributed by atoms with E-state index in [1.165, 1.54) is 30.8 Å². The van der Waals surface area contributed by atoms with E-state index in [4.69, 9.17) is 4.74 Å². The SMILES string of the molecule is CC(C(=O)O)N(CCN1CCOCC1)S(=O)(=O)c1ccc(Sc2ccccc2)cc1. The Balaban J connectivity index is 1.76. The van der Waals surface area contributed by atoms with Crippen LogP contribution in [0.5, 0.6) is 0 Å². The molecule has 30 heavy (non-hydrogen) atoms. The van der Waals surface area contributed by atoms with Crippen LogP contribution in [-0.2, 0) is 19.6 Å². The first-order valence-electron chi connectivity index (χ1n) is 9.75. The summed E-state index contributed by atoms with van der Waals surface area (Å²) in [4.78, 5) is 15.7. The highest BCUT2D eigenvalue weighted by atomic mass is 32.2. The van der Waals surface area contributed by atoms with Crippen molar-refractivity contribution < 1.29 is 23.1 Å². The molecular weight excluding hydrogens is 424 g/mol. The number of morpholine rings is 1. The van der Waals surface area contributed by atoms with Gasteiger partial charge in [0.05, 0.1) is 18.1 Å². The highest BCUT2D eigenvalue weighted by Crippen LogP contribution is 2.29. The molecule has 0 aromatic heterocycles. The molecule has 9 heteroatoms. The third kappa shape index (κ3) is 5.83. The number of hydrogen-bond acceptors (Lipinski definition) is 6. The Morgan fingerprint density at radius 2 is 1.70 bits per heavy atom. The van der Waals surface area contributed by atoms with Crippen LogP contribution in [-0.4, -0.2) is 74.1 Å². The van der Waals surface area contributed by atoms with Crippen molar-refractivity contribution in [2.24, 2.45) is 0 Å². The van der Waals surface area contributed by atoms with E-state index in [-0.39, 0.29) is 11.4 Å². The zero-order valence-electron chi connectivity index (χ0n) is 16.8. The molecule has 1 unspecified atom stereocenters. The smallest absolute Gasteiger partial charge is 0.321 e. The van der Waals surface area contributed by atoms with Gasteiger partial charge in [-0.1, -0.05) is 30.0 Å². The quantitative estimate of drug-likeness (QED) is 0.628. The van der Waals surface area contributed by atoms with Gasteiger partial charge in [0.2, 0.25) is 10.0 Å². The van der Waals surface area contributed by atoms with Gasteiger partial charge in [-0.25, -0.2) is 8.42 Å². The third-order valence-electron chi connectivity index (χ3n) is 4.94. The molecule has 0 spiro atoms. The lowest BCUT2D eigenvalue weighted by atomic mass is 10.3. The Hall–Kier alpha value is -1.91. The van der Waals surface area contributed by atoms with E-state index in [0.717, 1.165) is 14.1 Å². The number of carbonyl (C=O) groups is 1. The van der Waals surface area contributed by atoms with Crippen molar-refractivity contribution in [2.75, 3.05) is 39.4 Å². The van der Waals surface area contributed by atoms with Crippen LogP contribution in [0, 0.1) is 0 Å². The zero-order valence-corrected chi connectivity index (χ0v) is 18.4. The fraction of sp³-hybridized carbons (Fsp3) is 0.381. The summed E-state index contributed by atoms with van der Waals surface area (Å²) in [7, 11) is -3.95. The van der Waals surface area contributed by atoms with Crippen LogP contribution in [0.25, 0.3) is 0 Å². The largest absolute Gasteiger partial charge is 0.480 e. The summed E-state index contributed by atoms with van der Waals surface area (Å²) in [6.45, 7) is 4.59. The molecule has 1 aliphatic heterocycles. The van der Waals surface area contributed by atoms with Crippen LogP contribution >= 0.6 is 11.8 Å². The van der Waals surface area contributed by atoms with Gasteiger partial charge < -0.3 is 9.84 Å². The van der Waals surface area contributed by atoms with Crippen LogP contribution in [0.4, 0.5) is 0 Å². The molecule has 0 amide bonds. The topological polar surface area (TPSA) is 87.2 Å². The van der Waals surface area contributed by atoms with Gasteiger partial charge in [0.1, 0.15) is 6.04 Å². The Bertz CT molecular complexity index is 930. The summed E-state index contributed by atoms with van der Waals surface area (Å²) in [5.41, 5.74) is 0. The average molecular weight is 451 g/mol. The number of hydrogen-bond donors (Lipinski definition) is 1. The van der Waals surface area contributed by atoms with Crippen molar-refractivity contribution in [3.05, 3.63) is 54.6 Å². The number of benzene rings is 2. The molecule has 2 aromatic carbocycles. The van der Waals surface area contributed by atoms with Crippen molar-refractivity contribution in [2.45, 2.75) is 27.7 Å². The van der Waals surface area contributed by atoms with E-state index in [2.05, 4.69) is 4.90 Å². The van der Waals surface area contributed by atoms with Gasteiger partial charge in [-0.3, -0.25) is 9.69 Å². The second-order valence-corrected chi connectivity index (χ2v) is 10.0. The van der Waals surface area contributed by atoms with Gasteiger partial charge in [0.15, 0.2) is 0 Å². The number of aliphatic carboxylic acids is 1. The van der Waals surface area contributed by atoms with E-state index in [1.54, 1.807) is 12.1 Å². The Labute approximate surface area is 181 Å². The van der Waals surface area contributed by atoms with Crippen molar-refractivity contribution in [1.29, 1.82) is 0 Å². The lowest BCUT2D eigenvalue weighted by Crippen LogP contribution is -2.48. The highest BCUT2D eigenvalue weighted by molar-refractivity contribution is 7.99. The molecule has 1 fully saturated rings. The molecule has 0 saturated carbocycles. The molecule has 0 bridgehead atoms. The molecule has 2 aromatic rings. The van der Waals surface area contributed by atoms with E-state index in [9.17, 15) is 18.3 Å². The number of carboxylic acids is 1. The van der Waals surface area contributed by atoms with Crippen LogP contribution in [0.2, 0.25) is 0 Å². The van der Waals surface area contributed by atoms with E-state index in [0.29, 0.717) is 32.8 Å². The van der Waals surface area contributed by atoms with Crippen molar-refractivity contribution in [1.82, 2.24) is 9.21 Å². The maximum Gasteiger partial charge on any atom is 0.321 e. The molecule has 1 aliphatic rings. The third-order valence-corrected chi connectivity index (χ3v) is 7.94. The number of ether oxygens (including phenoxy) is 1. The van der Waals surface area contributed by atoms with E-state index < -0.39 is 22.0 Å². The fourth-order valence-electron chi connectivity index (χ4n) is 3.15. The second-order valence-electron chi connectivity index (χ2n) is 6.97. The summed E-state index contributed by atoms with van der Waals surface area (Å²) in [5, 5.41) is 9.46. The van der Waals surface area contributed by atoms with E-state index in [1.807, 2.05) is 30.3 Å².